The maximum atomic E-state index is 13.0. The molecule has 1 heterocycles. The highest BCUT2D eigenvalue weighted by molar-refractivity contribution is 7.90. The average Bonchev–Trinajstić information content (AvgIpc) is 3.19. The largest absolute Gasteiger partial charge is 0.264 e. The number of rotatable bonds is 7. The minimum Gasteiger partial charge on any atom is -0.250 e. The standard InChI is InChI=1S/C21H25Cl2N5O4S2/c1-14(2)19-13-28(26-20(19)15-3-5-16(22)6-4-15)21(25-11-12-33(24,29)30)27-34(31,32)18-9-7-17(23)8-10-18/h3-10,14,19H,11-13H2,1-2H3,(H,25,27)(H2,24,29,30)/t19-/m0/s1. The molecule has 13 heteroatoms. The van der Waals surface area contributed by atoms with Gasteiger partial charge in [0, 0.05) is 16.0 Å². The van der Waals surface area contributed by atoms with Crippen LogP contribution >= 0.6 is 23.2 Å². The normalized spacial score (nSPS) is 17.2. The van der Waals surface area contributed by atoms with Gasteiger partial charge in [-0.3, -0.25) is 0 Å². The third-order valence-corrected chi connectivity index (χ3v) is 7.73. The molecule has 3 N–H and O–H groups in total. The van der Waals surface area contributed by atoms with Gasteiger partial charge in [-0.1, -0.05) is 49.2 Å². The first kappa shape index (κ1) is 26.4. The molecule has 184 valence electrons. The fraction of sp³-hybridized carbons (Fsp3) is 0.333. The Labute approximate surface area is 209 Å². The Kier molecular flexibility index (Phi) is 8.25. The summed E-state index contributed by atoms with van der Waals surface area (Å²) in [5.74, 6) is -0.412. The second-order valence-corrected chi connectivity index (χ2v) is 12.3. The molecule has 0 spiro atoms. The minimum absolute atomic E-state index is 0.0300. The molecule has 0 amide bonds. The van der Waals surface area contributed by atoms with Crippen LogP contribution in [0.15, 0.2) is 63.5 Å². The number of primary sulfonamides is 1. The van der Waals surface area contributed by atoms with E-state index in [1.165, 1.54) is 29.3 Å². The van der Waals surface area contributed by atoms with Gasteiger partial charge in [-0.2, -0.15) is 5.10 Å². The van der Waals surface area contributed by atoms with Crippen molar-refractivity contribution < 1.29 is 16.8 Å². The lowest BCUT2D eigenvalue weighted by atomic mass is 9.88. The third kappa shape index (κ3) is 6.92. The zero-order valence-electron chi connectivity index (χ0n) is 18.5. The van der Waals surface area contributed by atoms with Gasteiger partial charge in [-0.25, -0.2) is 36.7 Å². The number of halogens is 2. The molecular weight excluding hydrogens is 521 g/mol. The van der Waals surface area contributed by atoms with Crippen molar-refractivity contribution in [1.29, 1.82) is 0 Å². The topological polar surface area (TPSA) is 134 Å². The average molecular weight is 547 g/mol. The first-order valence-electron chi connectivity index (χ1n) is 10.3. The number of hydrogen-bond acceptors (Lipinski definition) is 6. The lowest BCUT2D eigenvalue weighted by molar-refractivity contribution is 0.385. The lowest BCUT2D eigenvalue weighted by Crippen LogP contribution is -2.42. The van der Waals surface area contributed by atoms with Crippen molar-refractivity contribution in [3.8, 4) is 0 Å². The van der Waals surface area contributed by atoms with Crippen LogP contribution in [0.2, 0.25) is 10.0 Å². The molecule has 0 aliphatic carbocycles. The summed E-state index contributed by atoms with van der Waals surface area (Å²) in [4.78, 5) is 4.16. The van der Waals surface area contributed by atoms with Crippen LogP contribution in [0, 0.1) is 11.8 Å². The van der Waals surface area contributed by atoms with Gasteiger partial charge in [-0.15, -0.1) is 0 Å². The molecule has 0 radical (unpaired) electrons. The molecule has 0 saturated carbocycles. The van der Waals surface area contributed by atoms with Crippen molar-refractivity contribution in [1.82, 2.24) is 9.73 Å². The number of sulfonamides is 2. The molecule has 2 aromatic carbocycles. The molecule has 0 bridgehead atoms. The molecule has 0 unspecified atom stereocenters. The van der Waals surface area contributed by atoms with E-state index >= 15 is 0 Å². The molecule has 1 aliphatic rings. The number of nitrogens with one attached hydrogen (secondary N) is 1. The summed E-state index contributed by atoms with van der Waals surface area (Å²) >= 11 is 11.9. The van der Waals surface area contributed by atoms with Crippen LogP contribution in [0.4, 0.5) is 0 Å². The molecule has 0 saturated heterocycles. The van der Waals surface area contributed by atoms with Crippen LogP contribution in [0.25, 0.3) is 0 Å². The van der Waals surface area contributed by atoms with Crippen LogP contribution in [-0.4, -0.2) is 52.4 Å². The second kappa shape index (κ2) is 10.6. The SMILES string of the molecule is CC(C)[C@@H]1CN(C(=NCCS(N)(=O)=O)NS(=O)(=O)c2ccc(Cl)cc2)N=C1c1ccc(Cl)cc1. The summed E-state index contributed by atoms with van der Waals surface area (Å²) < 4.78 is 51.2. The van der Waals surface area contributed by atoms with E-state index in [9.17, 15) is 16.8 Å². The number of hydrogen-bond donors (Lipinski definition) is 2. The predicted octanol–water partition coefficient (Wildman–Crippen LogP) is 2.91. The van der Waals surface area contributed by atoms with Crippen LogP contribution in [-0.2, 0) is 20.0 Å². The quantitative estimate of drug-likeness (QED) is 0.407. The Bertz CT molecular complexity index is 1290. The molecule has 2 aromatic rings. The molecule has 34 heavy (non-hydrogen) atoms. The fourth-order valence-electron chi connectivity index (χ4n) is 3.31. The van der Waals surface area contributed by atoms with E-state index in [0.717, 1.165) is 11.3 Å². The maximum absolute atomic E-state index is 13.0. The number of nitrogens with zero attached hydrogens (tertiary/aromatic N) is 3. The molecular formula is C21H25Cl2N5O4S2. The van der Waals surface area contributed by atoms with E-state index in [-0.39, 0.29) is 29.2 Å². The molecule has 0 aromatic heterocycles. The number of guanidine groups is 1. The Morgan fingerprint density at radius 1 is 1.09 bits per heavy atom. The Morgan fingerprint density at radius 2 is 1.65 bits per heavy atom. The van der Waals surface area contributed by atoms with Gasteiger partial charge in [0.25, 0.3) is 10.0 Å². The predicted molar refractivity (Wildman–Crippen MR) is 135 cm³/mol. The summed E-state index contributed by atoms with van der Waals surface area (Å²) in [5.41, 5.74) is 1.59. The van der Waals surface area contributed by atoms with Crippen molar-refractivity contribution in [2.24, 2.45) is 27.1 Å². The van der Waals surface area contributed by atoms with Gasteiger partial charge in [0.15, 0.2) is 0 Å². The van der Waals surface area contributed by atoms with E-state index in [1.54, 1.807) is 12.1 Å². The van der Waals surface area contributed by atoms with E-state index in [4.69, 9.17) is 28.3 Å². The van der Waals surface area contributed by atoms with Crippen molar-refractivity contribution in [3.05, 3.63) is 64.1 Å². The third-order valence-electron chi connectivity index (χ3n) is 5.13. The maximum Gasteiger partial charge on any atom is 0.264 e. The van der Waals surface area contributed by atoms with E-state index in [2.05, 4.69) is 14.8 Å². The summed E-state index contributed by atoms with van der Waals surface area (Å²) in [6.45, 7) is 4.17. The van der Waals surface area contributed by atoms with E-state index in [1.807, 2.05) is 26.0 Å². The summed E-state index contributed by atoms with van der Waals surface area (Å²) in [5, 5.41) is 12.1. The van der Waals surface area contributed by atoms with Crippen molar-refractivity contribution in [3.63, 3.8) is 0 Å². The number of hydrazone groups is 1. The molecule has 1 aliphatic heterocycles. The highest BCUT2D eigenvalue weighted by Gasteiger charge is 2.33. The van der Waals surface area contributed by atoms with Gasteiger partial charge >= 0.3 is 0 Å². The van der Waals surface area contributed by atoms with E-state index < -0.39 is 25.8 Å². The zero-order chi connectivity index (χ0) is 25.1. The van der Waals surface area contributed by atoms with Crippen molar-refractivity contribution in [2.45, 2.75) is 18.7 Å². The van der Waals surface area contributed by atoms with Gasteiger partial charge in [-0.05, 0) is 47.9 Å². The monoisotopic (exact) mass is 545 g/mol. The van der Waals surface area contributed by atoms with Gasteiger partial charge in [0.2, 0.25) is 16.0 Å². The molecule has 1 atom stereocenters. The molecule has 9 nitrogen and oxygen atoms in total. The Hall–Kier alpha value is -2.18. The minimum atomic E-state index is -4.05. The summed E-state index contributed by atoms with van der Waals surface area (Å²) in [7, 11) is -7.85. The molecule has 3 rings (SSSR count). The Balaban J connectivity index is 1.98. The highest BCUT2D eigenvalue weighted by Crippen LogP contribution is 2.27. The highest BCUT2D eigenvalue weighted by atomic mass is 35.5. The van der Waals surface area contributed by atoms with Crippen LogP contribution < -0.4 is 9.86 Å². The molecule has 0 fully saturated rings. The number of nitrogens with two attached hydrogens (primary N) is 1. The Morgan fingerprint density at radius 3 is 2.18 bits per heavy atom. The number of benzene rings is 2. The summed E-state index contributed by atoms with van der Waals surface area (Å²) in [6.07, 6.45) is 0. The first-order chi connectivity index (χ1) is 15.9. The van der Waals surface area contributed by atoms with Gasteiger partial charge in [0.1, 0.15) is 0 Å². The van der Waals surface area contributed by atoms with Crippen LogP contribution in [0.5, 0.6) is 0 Å². The smallest absolute Gasteiger partial charge is 0.250 e. The second-order valence-electron chi connectivity index (χ2n) is 8.06. The van der Waals surface area contributed by atoms with Crippen molar-refractivity contribution in [2.75, 3.05) is 18.8 Å². The lowest BCUT2D eigenvalue weighted by Gasteiger charge is -2.21. The fourth-order valence-corrected chi connectivity index (χ4v) is 4.93. The van der Waals surface area contributed by atoms with Crippen LogP contribution in [0.3, 0.4) is 0 Å². The van der Waals surface area contributed by atoms with Crippen LogP contribution in [0.1, 0.15) is 19.4 Å². The first-order valence-corrected chi connectivity index (χ1v) is 14.3. The van der Waals surface area contributed by atoms with Crippen molar-refractivity contribution >= 4 is 54.9 Å². The zero-order valence-corrected chi connectivity index (χ0v) is 21.7. The van der Waals surface area contributed by atoms with Gasteiger partial charge < -0.3 is 0 Å². The van der Waals surface area contributed by atoms with E-state index in [0.29, 0.717) is 16.6 Å². The summed E-state index contributed by atoms with van der Waals surface area (Å²) in [6, 6.07) is 12.8. The number of aliphatic imine (C=N–C) groups is 1. The van der Waals surface area contributed by atoms with Gasteiger partial charge in [0.05, 0.1) is 29.4 Å².